The molecule has 4 saturated carbocycles. The van der Waals surface area contributed by atoms with Crippen molar-refractivity contribution in [3.63, 3.8) is 0 Å². The Labute approximate surface area is 151 Å². The monoisotopic (exact) mass is 356 g/mol. The lowest BCUT2D eigenvalue weighted by molar-refractivity contribution is -0.0672. The van der Waals surface area contributed by atoms with Crippen molar-refractivity contribution in [2.45, 2.75) is 38.5 Å². The molecule has 0 amide bonds. The van der Waals surface area contributed by atoms with E-state index in [4.69, 9.17) is 23.2 Å². The molecule has 0 unspecified atom stereocenters. The molecule has 4 nitrogen and oxygen atoms in total. The van der Waals surface area contributed by atoms with E-state index in [9.17, 15) is 21.0 Å². The first-order valence-electron chi connectivity index (χ1n) is 7.84. The summed E-state index contributed by atoms with van der Waals surface area (Å²) in [6.07, 6.45) is 5.06. The highest BCUT2D eigenvalue weighted by Crippen LogP contribution is 2.70. The molecule has 0 aromatic heterocycles. The maximum atomic E-state index is 9.20. The van der Waals surface area contributed by atoms with Gasteiger partial charge in [0.05, 0.1) is 10.1 Å². The molecule has 6 heteroatoms. The second-order valence-corrected chi connectivity index (χ2v) is 8.10. The summed E-state index contributed by atoms with van der Waals surface area (Å²) in [5, 5.41) is 37.5. The third-order valence-electron chi connectivity index (χ3n) is 5.88. The molecule has 0 aliphatic heterocycles. The fourth-order valence-electron chi connectivity index (χ4n) is 5.55. The zero-order valence-corrected chi connectivity index (χ0v) is 14.5. The predicted molar refractivity (Wildman–Crippen MR) is 87.8 cm³/mol. The number of nitrogens with zero attached hydrogens (tertiary/aromatic N) is 4. The van der Waals surface area contributed by atoms with Gasteiger partial charge in [-0.2, -0.15) is 21.0 Å². The summed E-state index contributed by atoms with van der Waals surface area (Å²) in [6.45, 7) is 0. The molecule has 0 heterocycles. The van der Waals surface area contributed by atoms with Crippen molar-refractivity contribution in [2.75, 3.05) is 0 Å². The molecule has 4 bridgehead atoms. The molecule has 4 rings (SSSR count). The van der Waals surface area contributed by atoms with E-state index in [2.05, 4.69) is 0 Å². The van der Waals surface area contributed by atoms with Crippen molar-refractivity contribution in [1.29, 1.82) is 21.0 Å². The topological polar surface area (TPSA) is 95.2 Å². The molecule has 0 radical (unpaired) electrons. The van der Waals surface area contributed by atoms with Gasteiger partial charge in [-0.15, -0.1) is 0 Å². The fraction of sp³-hybridized carbons (Fsp3) is 0.556. The van der Waals surface area contributed by atoms with Gasteiger partial charge in [0.15, 0.2) is 0 Å². The molecule has 0 aromatic rings. The van der Waals surface area contributed by atoms with Crippen molar-refractivity contribution >= 4 is 23.2 Å². The van der Waals surface area contributed by atoms with Gasteiger partial charge in [0.25, 0.3) is 0 Å². The molecule has 0 spiro atoms. The largest absolute Gasteiger partial charge is 0.192 e. The Morgan fingerprint density at radius 2 is 1.04 bits per heavy atom. The van der Waals surface area contributed by atoms with E-state index in [1.165, 1.54) is 0 Å². The first kappa shape index (κ1) is 16.9. The van der Waals surface area contributed by atoms with Gasteiger partial charge in [0.1, 0.15) is 35.4 Å². The predicted octanol–water partition coefficient (Wildman–Crippen LogP) is 4.65. The average molecular weight is 357 g/mol. The number of halogens is 2. The van der Waals surface area contributed by atoms with Crippen LogP contribution in [0.4, 0.5) is 0 Å². The first-order chi connectivity index (χ1) is 11.4. The number of rotatable bonds is 2. The average Bonchev–Trinajstić information content (AvgIpc) is 2.55. The van der Waals surface area contributed by atoms with E-state index in [1.807, 2.05) is 24.3 Å². The van der Waals surface area contributed by atoms with Crippen molar-refractivity contribution < 1.29 is 0 Å². The maximum absolute atomic E-state index is 9.20. The van der Waals surface area contributed by atoms with Gasteiger partial charge in [0, 0.05) is 10.8 Å². The highest BCUT2D eigenvalue weighted by atomic mass is 35.5. The molecule has 0 N–H and O–H groups in total. The van der Waals surface area contributed by atoms with Crippen molar-refractivity contribution in [3.05, 3.63) is 21.2 Å². The number of hydrogen-bond acceptors (Lipinski definition) is 4. The molecule has 4 aliphatic rings. The second kappa shape index (κ2) is 5.83. The number of hydrogen-bond donors (Lipinski definition) is 0. The molecule has 24 heavy (non-hydrogen) atoms. The Bertz CT molecular complexity index is 713. The molecular weight excluding hydrogens is 343 g/mol. The number of allylic oxidation sites excluding steroid dienone is 4. The van der Waals surface area contributed by atoms with Crippen LogP contribution in [0.1, 0.15) is 38.5 Å². The maximum Gasteiger partial charge on any atom is 0.144 e. The van der Waals surface area contributed by atoms with E-state index < -0.39 is 10.8 Å². The van der Waals surface area contributed by atoms with Gasteiger partial charge in [-0.05, 0) is 50.4 Å². The Balaban J connectivity index is 2.14. The van der Waals surface area contributed by atoms with Crippen LogP contribution in [0.2, 0.25) is 0 Å². The van der Waals surface area contributed by atoms with Crippen LogP contribution >= 0.6 is 23.2 Å². The van der Waals surface area contributed by atoms with E-state index in [1.54, 1.807) is 0 Å². The minimum Gasteiger partial charge on any atom is -0.192 e. The lowest BCUT2D eigenvalue weighted by atomic mass is 9.43. The van der Waals surface area contributed by atoms with Crippen molar-refractivity contribution in [2.24, 2.45) is 22.7 Å². The minimum absolute atomic E-state index is 0.0327. The molecule has 0 atom stereocenters. The minimum atomic E-state index is -0.428. The lowest BCUT2D eigenvalue weighted by Crippen LogP contribution is -2.52. The summed E-state index contributed by atoms with van der Waals surface area (Å²) in [7, 11) is 0. The third kappa shape index (κ3) is 2.31. The first-order valence-corrected chi connectivity index (χ1v) is 8.60. The summed E-state index contributed by atoms with van der Waals surface area (Å²) in [5.41, 5.74) is -0.921. The van der Waals surface area contributed by atoms with Gasteiger partial charge in [-0.3, -0.25) is 0 Å². The molecular formula is C18H14Cl2N4. The van der Waals surface area contributed by atoms with Crippen LogP contribution in [0, 0.1) is 68.0 Å². The molecule has 4 aliphatic carbocycles. The summed E-state index contributed by atoms with van der Waals surface area (Å²) >= 11 is 13.1. The second-order valence-electron chi connectivity index (χ2n) is 7.35. The molecule has 4 fully saturated rings. The zero-order valence-electron chi connectivity index (χ0n) is 12.9. The van der Waals surface area contributed by atoms with Gasteiger partial charge < -0.3 is 0 Å². The summed E-state index contributed by atoms with van der Waals surface area (Å²) in [4.78, 5) is 0. The third-order valence-corrected chi connectivity index (χ3v) is 7.06. The van der Waals surface area contributed by atoms with Crippen LogP contribution in [0.15, 0.2) is 21.2 Å². The van der Waals surface area contributed by atoms with Crippen LogP contribution in [0.5, 0.6) is 0 Å². The number of nitriles is 4. The van der Waals surface area contributed by atoms with E-state index >= 15 is 0 Å². The highest BCUT2D eigenvalue weighted by Gasteiger charge is 2.60. The van der Waals surface area contributed by atoms with Crippen LogP contribution < -0.4 is 0 Å². The normalized spacial score (nSPS) is 35.1. The van der Waals surface area contributed by atoms with Gasteiger partial charge in [-0.25, -0.2) is 0 Å². The van der Waals surface area contributed by atoms with Gasteiger partial charge in [0.2, 0.25) is 0 Å². The van der Waals surface area contributed by atoms with Crippen molar-refractivity contribution in [3.8, 4) is 24.3 Å². The summed E-state index contributed by atoms with van der Waals surface area (Å²) in [6, 6.07) is 7.60. The van der Waals surface area contributed by atoms with Gasteiger partial charge >= 0.3 is 0 Å². The van der Waals surface area contributed by atoms with Crippen LogP contribution in [0.25, 0.3) is 0 Å². The standard InChI is InChI=1S/C18H14Cl2N4/c19-15(13(6-21)7-22)17-2-11-1-12(4-17)5-18(3-11,10-17)16(20)14(8-23)9-24/h11-12H,1-5,10H2. The zero-order chi connectivity index (χ0) is 17.5. The van der Waals surface area contributed by atoms with E-state index in [0.29, 0.717) is 28.3 Å². The van der Waals surface area contributed by atoms with Crippen LogP contribution in [-0.4, -0.2) is 0 Å². The van der Waals surface area contributed by atoms with E-state index in [-0.39, 0.29) is 11.1 Å². The Hall–Kier alpha value is -1.98. The van der Waals surface area contributed by atoms with E-state index in [0.717, 1.165) is 32.1 Å². The van der Waals surface area contributed by atoms with Crippen LogP contribution in [-0.2, 0) is 0 Å². The summed E-state index contributed by atoms with van der Waals surface area (Å²) in [5.74, 6) is 0.789. The molecule has 0 aromatic carbocycles. The Morgan fingerprint density at radius 1 is 0.708 bits per heavy atom. The van der Waals surface area contributed by atoms with Crippen molar-refractivity contribution in [1.82, 2.24) is 0 Å². The quantitative estimate of drug-likeness (QED) is 0.672. The Kier molecular flexibility index (Phi) is 4.10. The lowest BCUT2D eigenvalue weighted by Gasteiger charge is -2.62. The highest BCUT2D eigenvalue weighted by molar-refractivity contribution is 6.32. The Morgan fingerprint density at radius 3 is 1.33 bits per heavy atom. The van der Waals surface area contributed by atoms with Gasteiger partial charge in [-0.1, -0.05) is 23.2 Å². The fourth-order valence-corrected chi connectivity index (χ4v) is 6.16. The smallest absolute Gasteiger partial charge is 0.144 e. The summed E-state index contributed by atoms with van der Waals surface area (Å²) < 4.78 is 0. The molecule has 120 valence electrons. The molecule has 0 saturated heterocycles. The van der Waals surface area contributed by atoms with Crippen LogP contribution in [0.3, 0.4) is 0 Å². The SMILES string of the molecule is N#CC(C#N)=C(Cl)C12CC3CC(C1)CC(C(Cl)=C(C#N)C#N)(C3)C2.